The van der Waals surface area contributed by atoms with Gasteiger partial charge in [-0.05, 0) is 64.3 Å². The van der Waals surface area contributed by atoms with E-state index in [1.54, 1.807) is 11.1 Å². The molecule has 0 nitrogen and oxygen atoms in total. The van der Waals surface area contributed by atoms with Gasteiger partial charge in [-0.25, -0.2) is 0 Å². The average molecular weight is 274 g/mol. The van der Waals surface area contributed by atoms with Crippen LogP contribution in [0.15, 0.2) is 42.5 Å². The standard InChI is InChI=1S/C21H22/c1-4-21(3)12-11-19-18-8-6-15-13-14(2)5-7-16(15)17(18)9-10-20(19)21/h5-10,13H,4,11-12H2,1-3H3. The fourth-order valence-electron chi connectivity index (χ4n) is 4.07. The number of rotatable bonds is 1. The quantitative estimate of drug-likeness (QED) is 0.483. The van der Waals surface area contributed by atoms with Crippen LogP contribution in [-0.2, 0) is 11.8 Å². The van der Waals surface area contributed by atoms with E-state index in [1.165, 1.54) is 46.4 Å². The monoisotopic (exact) mass is 274 g/mol. The van der Waals surface area contributed by atoms with Gasteiger partial charge in [0.05, 0.1) is 0 Å². The average Bonchev–Trinajstić information content (AvgIpc) is 2.85. The Morgan fingerprint density at radius 2 is 1.71 bits per heavy atom. The molecule has 0 aliphatic heterocycles. The van der Waals surface area contributed by atoms with Crippen molar-refractivity contribution in [1.82, 2.24) is 0 Å². The molecule has 0 saturated carbocycles. The first-order valence-corrected chi connectivity index (χ1v) is 8.08. The Balaban J connectivity index is 2.07. The van der Waals surface area contributed by atoms with Gasteiger partial charge in [-0.1, -0.05) is 61.9 Å². The predicted octanol–water partition coefficient (Wildman–Crippen LogP) is 5.92. The largest absolute Gasteiger partial charge is 0.0645 e. The van der Waals surface area contributed by atoms with Crippen LogP contribution in [0.4, 0.5) is 0 Å². The summed E-state index contributed by atoms with van der Waals surface area (Å²) in [5, 5.41) is 5.65. The predicted molar refractivity (Wildman–Crippen MR) is 92.2 cm³/mol. The Morgan fingerprint density at radius 1 is 0.952 bits per heavy atom. The summed E-state index contributed by atoms with van der Waals surface area (Å²) in [5.41, 5.74) is 4.90. The molecule has 1 atom stereocenters. The zero-order valence-corrected chi connectivity index (χ0v) is 13.2. The third-order valence-electron chi connectivity index (χ3n) is 5.64. The number of benzene rings is 3. The molecule has 0 aromatic heterocycles. The minimum atomic E-state index is 0.381. The highest BCUT2D eigenvalue weighted by Gasteiger charge is 2.33. The summed E-state index contributed by atoms with van der Waals surface area (Å²) < 4.78 is 0. The fraction of sp³-hybridized carbons (Fsp3) is 0.333. The molecule has 0 saturated heterocycles. The van der Waals surface area contributed by atoms with E-state index in [1.807, 2.05) is 0 Å². The van der Waals surface area contributed by atoms with Crippen LogP contribution in [-0.4, -0.2) is 0 Å². The Kier molecular flexibility index (Phi) is 2.66. The van der Waals surface area contributed by atoms with Gasteiger partial charge in [0.25, 0.3) is 0 Å². The fourth-order valence-corrected chi connectivity index (χ4v) is 4.07. The minimum absolute atomic E-state index is 0.381. The normalized spacial score (nSPS) is 21.1. The van der Waals surface area contributed by atoms with Crippen LogP contribution < -0.4 is 0 Å². The molecule has 0 heterocycles. The maximum Gasteiger partial charge on any atom is -0.00718 e. The molecule has 0 amide bonds. The molecule has 1 aliphatic carbocycles. The molecule has 4 rings (SSSR count). The molecule has 0 N–H and O–H groups in total. The highest BCUT2D eigenvalue weighted by atomic mass is 14.4. The molecule has 0 fully saturated rings. The summed E-state index contributed by atoms with van der Waals surface area (Å²) in [4.78, 5) is 0. The summed E-state index contributed by atoms with van der Waals surface area (Å²) in [6.07, 6.45) is 3.76. The second kappa shape index (κ2) is 4.34. The van der Waals surface area contributed by atoms with Gasteiger partial charge in [-0.2, -0.15) is 0 Å². The zero-order chi connectivity index (χ0) is 14.6. The highest BCUT2D eigenvalue weighted by molar-refractivity contribution is 6.09. The Labute approximate surface area is 126 Å². The number of hydrogen-bond donors (Lipinski definition) is 0. The lowest BCUT2D eigenvalue weighted by molar-refractivity contribution is 0.453. The zero-order valence-electron chi connectivity index (χ0n) is 13.2. The van der Waals surface area contributed by atoms with E-state index in [0.29, 0.717) is 5.41 Å². The van der Waals surface area contributed by atoms with Crippen molar-refractivity contribution >= 4 is 21.5 Å². The summed E-state index contributed by atoms with van der Waals surface area (Å²) in [5.74, 6) is 0. The second-order valence-corrected chi connectivity index (χ2v) is 6.89. The van der Waals surface area contributed by atoms with Crippen LogP contribution in [0.5, 0.6) is 0 Å². The summed E-state index contributed by atoms with van der Waals surface area (Å²) in [6.45, 7) is 6.91. The highest BCUT2D eigenvalue weighted by Crippen LogP contribution is 2.44. The lowest BCUT2D eigenvalue weighted by Gasteiger charge is -2.23. The van der Waals surface area contributed by atoms with Crippen LogP contribution in [0, 0.1) is 6.92 Å². The molecule has 3 aromatic rings. The molecule has 1 unspecified atom stereocenters. The van der Waals surface area contributed by atoms with E-state index in [2.05, 4.69) is 63.2 Å². The van der Waals surface area contributed by atoms with Gasteiger partial charge in [-0.15, -0.1) is 0 Å². The Morgan fingerprint density at radius 3 is 2.52 bits per heavy atom. The van der Waals surface area contributed by atoms with Gasteiger partial charge in [0, 0.05) is 0 Å². The third-order valence-corrected chi connectivity index (χ3v) is 5.64. The molecule has 0 radical (unpaired) electrons. The van der Waals surface area contributed by atoms with E-state index >= 15 is 0 Å². The topological polar surface area (TPSA) is 0 Å². The van der Waals surface area contributed by atoms with Crippen LogP contribution in [0.2, 0.25) is 0 Å². The Hall–Kier alpha value is -1.82. The smallest absolute Gasteiger partial charge is 0.00718 e. The van der Waals surface area contributed by atoms with Crippen molar-refractivity contribution in [1.29, 1.82) is 0 Å². The minimum Gasteiger partial charge on any atom is -0.0645 e. The van der Waals surface area contributed by atoms with Crippen molar-refractivity contribution in [2.45, 2.75) is 45.4 Å². The number of aryl methyl sites for hydroxylation is 2. The van der Waals surface area contributed by atoms with Gasteiger partial charge in [-0.3, -0.25) is 0 Å². The summed E-state index contributed by atoms with van der Waals surface area (Å²) in [6, 6.07) is 16.2. The van der Waals surface area contributed by atoms with Crippen molar-refractivity contribution in [3.63, 3.8) is 0 Å². The molecule has 0 spiro atoms. The van der Waals surface area contributed by atoms with Crippen LogP contribution in [0.3, 0.4) is 0 Å². The SMILES string of the molecule is CCC1(C)CCc2c1ccc1c2ccc2cc(C)ccc21. The van der Waals surface area contributed by atoms with Crippen LogP contribution in [0.25, 0.3) is 21.5 Å². The molecule has 106 valence electrons. The molecule has 0 heteroatoms. The number of hydrogen-bond acceptors (Lipinski definition) is 0. The van der Waals surface area contributed by atoms with Gasteiger partial charge < -0.3 is 0 Å². The van der Waals surface area contributed by atoms with Crippen molar-refractivity contribution in [2.24, 2.45) is 0 Å². The lowest BCUT2D eigenvalue weighted by atomic mass is 9.81. The molecule has 0 bridgehead atoms. The molecular weight excluding hydrogens is 252 g/mol. The second-order valence-electron chi connectivity index (χ2n) is 6.89. The van der Waals surface area contributed by atoms with Gasteiger partial charge in [0.1, 0.15) is 0 Å². The lowest BCUT2D eigenvalue weighted by Crippen LogP contribution is -2.16. The van der Waals surface area contributed by atoms with Crippen molar-refractivity contribution in [3.05, 3.63) is 59.2 Å². The van der Waals surface area contributed by atoms with Crippen molar-refractivity contribution < 1.29 is 0 Å². The Bertz CT molecular complexity index is 857. The van der Waals surface area contributed by atoms with Crippen LogP contribution in [0.1, 0.15) is 43.4 Å². The maximum absolute atomic E-state index is 2.43. The summed E-state index contributed by atoms with van der Waals surface area (Å²) in [7, 11) is 0. The van der Waals surface area contributed by atoms with E-state index in [4.69, 9.17) is 0 Å². The molecular formula is C21H22. The molecule has 1 aliphatic rings. The third kappa shape index (κ3) is 1.75. The first-order chi connectivity index (χ1) is 10.1. The summed E-state index contributed by atoms with van der Waals surface area (Å²) >= 11 is 0. The van der Waals surface area contributed by atoms with E-state index in [9.17, 15) is 0 Å². The van der Waals surface area contributed by atoms with Crippen molar-refractivity contribution in [3.8, 4) is 0 Å². The first kappa shape index (κ1) is 12.9. The van der Waals surface area contributed by atoms with E-state index < -0.39 is 0 Å². The van der Waals surface area contributed by atoms with Crippen molar-refractivity contribution in [2.75, 3.05) is 0 Å². The van der Waals surface area contributed by atoms with Crippen LogP contribution >= 0.6 is 0 Å². The van der Waals surface area contributed by atoms with Gasteiger partial charge in [0.2, 0.25) is 0 Å². The number of fused-ring (bicyclic) bond motifs is 5. The van der Waals surface area contributed by atoms with Gasteiger partial charge in [0.15, 0.2) is 0 Å². The molecule has 21 heavy (non-hydrogen) atoms. The maximum atomic E-state index is 2.43. The van der Waals surface area contributed by atoms with E-state index in [0.717, 1.165) is 0 Å². The first-order valence-electron chi connectivity index (χ1n) is 8.08. The van der Waals surface area contributed by atoms with E-state index in [-0.39, 0.29) is 0 Å². The van der Waals surface area contributed by atoms with Gasteiger partial charge >= 0.3 is 0 Å². The molecule has 3 aromatic carbocycles.